The van der Waals surface area contributed by atoms with E-state index in [2.05, 4.69) is 9.88 Å². The zero-order chi connectivity index (χ0) is 22.5. The number of pyridine rings is 1. The number of rotatable bonds is 8. The van der Waals surface area contributed by atoms with Gasteiger partial charge >= 0.3 is 11.9 Å². The van der Waals surface area contributed by atoms with Crippen LogP contribution in [0.5, 0.6) is 11.5 Å². The number of benzene rings is 1. The van der Waals surface area contributed by atoms with Gasteiger partial charge in [0.15, 0.2) is 11.5 Å². The minimum Gasteiger partial charge on any atom is -0.493 e. The number of anilines is 1. The molecule has 3 rings (SSSR count). The lowest BCUT2D eigenvalue weighted by molar-refractivity contribution is 0.0321. The van der Waals surface area contributed by atoms with Crippen LogP contribution in [-0.4, -0.2) is 78.6 Å². The van der Waals surface area contributed by atoms with E-state index < -0.39 is 34.4 Å². The van der Waals surface area contributed by atoms with Gasteiger partial charge in [0.2, 0.25) is 0 Å². The number of nitrogens with two attached hydrogens (primary N) is 1. The van der Waals surface area contributed by atoms with E-state index in [1.807, 2.05) is 0 Å². The molecule has 0 bridgehead atoms. The van der Waals surface area contributed by atoms with Gasteiger partial charge in [-0.05, 0) is 17.7 Å². The summed E-state index contributed by atoms with van der Waals surface area (Å²) in [5, 5.41) is 19.1. The first kappa shape index (κ1) is 22.1. The second-order valence-electron chi connectivity index (χ2n) is 6.77. The lowest BCUT2D eigenvalue weighted by atomic mass is 9.95. The molecule has 11 nitrogen and oxygen atoms in total. The molecule has 5 N–H and O–H groups in total. The number of aromatic carboxylic acids is 2. The van der Waals surface area contributed by atoms with Crippen LogP contribution >= 0.6 is 0 Å². The number of aromatic nitrogens is 1. The molecule has 11 heteroatoms. The summed E-state index contributed by atoms with van der Waals surface area (Å²) in [6.07, 6.45) is 0. The number of H-pyrrole nitrogens is 1. The average molecular weight is 433 g/mol. The maximum atomic E-state index is 12.2. The number of nitrogen functional groups attached to an aromatic ring is 1. The minimum absolute atomic E-state index is 0.143. The molecule has 0 saturated carbocycles. The number of nitrogens with one attached hydrogen (secondary N) is 1. The number of carboxylic acid groups (broad SMARTS) is 2. The van der Waals surface area contributed by atoms with Crippen LogP contribution in [0, 0.1) is 0 Å². The molecule has 0 amide bonds. The molecule has 1 aromatic carbocycles. The highest BCUT2D eigenvalue weighted by molar-refractivity contribution is 6.07. The van der Waals surface area contributed by atoms with E-state index in [1.165, 1.54) is 25.3 Å². The number of ether oxygens (including phenoxy) is 3. The predicted molar refractivity (Wildman–Crippen MR) is 110 cm³/mol. The minimum atomic E-state index is -1.58. The molecule has 0 atom stereocenters. The van der Waals surface area contributed by atoms with Gasteiger partial charge in [-0.2, -0.15) is 0 Å². The Kier molecular flexibility index (Phi) is 6.78. The maximum absolute atomic E-state index is 12.2. The first-order chi connectivity index (χ1) is 14.8. The van der Waals surface area contributed by atoms with Gasteiger partial charge in [0.05, 0.1) is 20.3 Å². The molecule has 2 aromatic rings. The summed E-state index contributed by atoms with van der Waals surface area (Å²) >= 11 is 0. The SMILES string of the molecule is COc1cc(-c2c(C(=O)O)c(N)[nH]c(=O)c2C(=O)O)ccc1OCCN1CCOCC1. The quantitative estimate of drug-likeness (QED) is 0.466. The summed E-state index contributed by atoms with van der Waals surface area (Å²) < 4.78 is 16.4. The van der Waals surface area contributed by atoms with Crippen molar-refractivity contribution in [2.75, 3.05) is 52.3 Å². The third-order valence-electron chi connectivity index (χ3n) is 4.89. The number of hydrogen-bond acceptors (Lipinski definition) is 8. The number of carboxylic acids is 2. The van der Waals surface area contributed by atoms with E-state index in [9.17, 15) is 24.6 Å². The third kappa shape index (κ3) is 4.78. The van der Waals surface area contributed by atoms with Crippen LogP contribution in [-0.2, 0) is 4.74 Å². The zero-order valence-corrected chi connectivity index (χ0v) is 16.8. The molecule has 1 aliphatic heterocycles. The summed E-state index contributed by atoms with van der Waals surface area (Å²) in [5.41, 5.74) is 3.26. The maximum Gasteiger partial charge on any atom is 0.342 e. The van der Waals surface area contributed by atoms with Gasteiger partial charge in [-0.3, -0.25) is 9.69 Å². The van der Waals surface area contributed by atoms with Gasteiger partial charge < -0.3 is 35.1 Å². The van der Waals surface area contributed by atoms with Crippen LogP contribution < -0.4 is 20.8 Å². The fraction of sp³-hybridized carbons (Fsp3) is 0.350. The molecule has 0 radical (unpaired) electrons. The van der Waals surface area contributed by atoms with E-state index in [0.717, 1.165) is 13.1 Å². The Morgan fingerprint density at radius 2 is 1.84 bits per heavy atom. The van der Waals surface area contributed by atoms with E-state index in [4.69, 9.17) is 19.9 Å². The van der Waals surface area contributed by atoms with Crippen LogP contribution in [0.3, 0.4) is 0 Å². The van der Waals surface area contributed by atoms with Crippen molar-refractivity contribution in [2.24, 2.45) is 0 Å². The van der Waals surface area contributed by atoms with Crippen LogP contribution in [0.2, 0.25) is 0 Å². The predicted octanol–water partition coefficient (Wildman–Crippen LogP) is 0.740. The fourth-order valence-electron chi connectivity index (χ4n) is 3.39. The first-order valence-electron chi connectivity index (χ1n) is 9.47. The highest BCUT2D eigenvalue weighted by atomic mass is 16.5. The highest BCUT2D eigenvalue weighted by Crippen LogP contribution is 2.36. The van der Waals surface area contributed by atoms with Crippen molar-refractivity contribution in [3.8, 4) is 22.6 Å². The number of hydrogen-bond donors (Lipinski definition) is 4. The summed E-state index contributed by atoms with van der Waals surface area (Å²) in [5.74, 6) is -2.85. The Hall–Kier alpha value is -3.57. The molecule has 0 aliphatic carbocycles. The monoisotopic (exact) mass is 433 g/mol. The zero-order valence-electron chi connectivity index (χ0n) is 16.8. The van der Waals surface area contributed by atoms with Gasteiger partial charge in [-0.1, -0.05) is 6.07 Å². The van der Waals surface area contributed by atoms with Gasteiger partial charge in [0, 0.05) is 25.2 Å². The van der Waals surface area contributed by atoms with Crippen LogP contribution in [0.15, 0.2) is 23.0 Å². The Labute approximate surface area is 177 Å². The van der Waals surface area contributed by atoms with Crippen molar-refractivity contribution in [2.45, 2.75) is 0 Å². The number of aromatic amines is 1. The van der Waals surface area contributed by atoms with Gasteiger partial charge in [-0.25, -0.2) is 9.59 Å². The fourth-order valence-corrected chi connectivity index (χ4v) is 3.39. The summed E-state index contributed by atoms with van der Waals surface area (Å²) in [4.78, 5) is 39.9. The molecular weight excluding hydrogens is 410 g/mol. The number of carbonyl (C=O) groups is 2. The standard InChI is InChI=1S/C20H23N3O8/c1-29-13-10-11(2-3-12(13)31-9-6-23-4-7-30-8-5-23)14-15(19(25)26)17(21)22-18(24)16(14)20(27)28/h2-3,10H,4-9H2,1H3,(H,25,26)(H,27,28)(H3,21,22,24). The Bertz CT molecular complexity index is 1040. The van der Waals surface area contributed by atoms with Crippen molar-refractivity contribution in [3.05, 3.63) is 39.7 Å². The van der Waals surface area contributed by atoms with Crippen molar-refractivity contribution in [1.29, 1.82) is 0 Å². The molecule has 1 fully saturated rings. The Balaban J connectivity index is 1.96. The van der Waals surface area contributed by atoms with Crippen molar-refractivity contribution < 1.29 is 34.0 Å². The van der Waals surface area contributed by atoms with E-state index in [0.29, 0.717) is 32.1 Å². The average Bonchev–Trinajstić information content (AvgIpc) is 2.73. The molecule has 0 unspecified atom stereocenters. The van der Waals surface area contributed by atoms with Gasteiger partial charge in [0.25, 0.3) is 5.56 Å². The molecule has 0 spiro atoms. The molecule has 166 valence electrons. The van der Waals surface area contributed by atoms with Crippen molar-refractivity contribution in [1.82, 2.24) is 9.88 Å². The smallest absolute Gasteiger partial charge is 0.342 e. The third-order valence-corrected chi connectivity index (χ3v) is 4.89. The molecule has 1 saturated heterocycles. The Morgan fingerprint density at radius 1 is 1.16 bits per heavy atom. The van der Waals surface area contributed by atoms with E-state index >= 15 is 0 Å². The summed E-state index contributed by atoms with van der Waals surface area (Å²) in [7, 11) is 1.40. The molecule has 1 aliphatic rings. The van der Waals surface area contributed by atoms with Gasteiger partial charge in [0.1, 0.15) is 23.6 Å². The highest BCUT2D eigenvalue weighted by Gasteiger charge is 2.27. The second kappa shape index (κ2) is 9.49. The second-order valence-corrected chi connectivity index (χ2v) is 6.77. The van der Waals surface area contributed by atoms with Gasteiger partial charge in [-0.15, -0.1) is 0 Å². The molecular formula is C20H23N3O8. The van der Waals surface area contributed by atoms with Crippen LogP contribution in [0.1, 0.15) is 20.7 Å². The normalized spacial score (nSPS) is 14.2. The van der Waals surface area contributed by atoms with Crippen LogP contribution in [0.4, 0.5) is 5.82 Å². The lowest BCUT2D eigenvalue weighted by Crippen LogP contribution is -2.38. The van der Waals surface area contributed by atoms with Crippen molar-refractivity contribution >= 4 is 17.8 Å². The van der Waals surface area contributed by atoms with Crippen LogP contribution in [0.25, 0.3) is 11.1 Å². The molecule has 2 heterocycles. The first-order valence-corrected chi connectivity index (χ1v) is 9.47. The largest absolute Gasteiger partial charge is 0.493 e. The lowest BCUT2D eigenvalue weighted by Gasteiger charge is -2.26. The summed E-state index contributed by atoms with van der Waals surface area (Å²) in [6, 6.07) is 4.40. The topological polar surface area (TPSA) is 164 Å². The Morgan fingerprint density at radius 3 is 2.45 bits per heavy atom. The van der Waals surface area contributed by atoms with E-state index in [-0.39, 0.29) is 16.9 Å². The number of morpholine rings is 1. The molecule has 31 heavy (non-hydrogen) atoms. The van der Waals surface area contributed by atoms with Crippen molar-refractivity contribution in [3.63, 3.8) is 0 Å². The summed E-state index contributed by atoms with van der Waals surface area (Å²) in [6.45, 7) is 4.06. The van der Waals surface area contributed by atoms with E-state index in [1.54, 1.807) is 0 Å². The molecule has 1 aromatic heterocycles. The number of nitrogens with zero attached hydrogens (tertiary/aromatic N) is 1. The number of methoxy groups -OCH3 is 1.